The molecule has 194 valence electrons. The summed E-state index contributed by atoms with van der Waals surface area (Å²) in [6, 6.07) is 5.60. The second kappa shape index (κ2) is 10.1. The molecule has 9 nitrogen and oxygen atoms in total. The van der Waals surface area contributed by atoms with E-state index in [1.54, 1.807) is 7.05 Å². The number of nitrogens with one attached hydrogen (secondary N) is 2. The first kappa shape index (κ1) is 26.0. The quantitative estimate of drug-likeness (QED) is 0.435. The molecule has 2 saturated heterocycles. The summed E-state index contributed by atoms with van der Waals surface area (Å²) in [5, 5.41) is 6.51. The monoisotopic (exact) mass is 497 g/mol. The van der Waals surface area contributed by atoms with Crippen LogP contribution in [0.4, 0.5) is 21.8 Å². The van der Waals surface area contributed by atoms with E-state index in [-0.39, 0.29) is 35.0 Å². The van der Waals surface area contributed by atoms with Crippen LogP contribution in [0.3, 0.4) is 0 Å². The van der Waals surface area contributed by atoms with Crippen molar-refractivity contribution in [2.75, 3.05) is 37.9 Å². The van der Waals surface area contributed by atoms with Gasteiger partial charge in [0.25, 0.3) is 0 Å². The van der Waals surface area contributed by atoms with E-state index in [4.69, 9.17) is 9.47 Å². The lowest BCUT2D eigenvalue weighted by Gasteiger charge is -2.53. The summed E-state index contributed by atoms with van der Waals surface area (Å²) in [7, 11) is 3.79. The predicted octanol–water partition coefficient (Wildman–Crippen LogP) is 4.28. The zero-order valence-electron chi connectivity index (χ0n) is 21.9. The Morgan fingerprint density at radius 2 is 1.89 bits per heavy atom. The first-order valence-corrected chi connectivity index (χ1v) is 12.1. The molecule has 0 atom stereocenters. The molecule has 3 heterocycles. The summed E-state index contributed by atoms with van der Waals surface area (Å²) in [5.41, 5.74) is 1.31. The van der Waals surface area contributed by atoms with E-state index in [2.05, 4.69) is 76.9 Å². The Morgan fingerprint density at radius 3 is 2.47 bits per heavy atom. The van der Waals surface area contributed by atoms with E-state index in [9.17, 15) is 4.39 Å². The van der Waals surface area contributed by atoms with Crippen LogP contribution in [0, 0.1) is 5.82 Å². The minimum Gasteiger partial charge on any atom is -0.485 e. The summed E-state index contributed by atoms with van der Waals surface area (Å²) in [6.45, 7) is 13.5. The number of hydrogen-bond donors (Lipinski definition) is 2. The van der Waals surface area contributed by atoms with Crippen molar-refractivity contribution in [2.24, 2.45) is 9.98 Å². The van der Waals surface area contributed by atoms with Crippen molar-refractivity contribution in [3.63, 3.8) is 0 Å². The minimum atomic E-state index is -0.492. The number of hydrogen-bond acceptors (Lipinski definition) is 8. The summed E-state index contributed by atoms with van der Waals surface area (Å²) >= 11 is 0. The fraction of sp³-hybridized carbons (Fsp3) is 0.538. The molecule has 0 saturated carbocycles. The lowest BCUT2D eigenvalue weighted by Crippen LogP contribution is -2.61. The summed E-state index contributed by atoms with van der Waals surface area (Å²) in [6.07, 6.45) is 2.90. The maximum atomic E-state index is 14.7. The van der Waals surface area contributed by atoms with Gasteiger partial charge in [0.05, 0.1) is 19.4 Å². The van der Waals surface area contributed by atoms with Crippen molar-refractivity contribution in [1.29, 1.82) is 0 Å². The maximum absolute atomic E-state index is 14.7. The molecule has 0 spiro atoms. The third-order valence-electron chi connectivity index (χ3n) is 7.09. The number of rotatable bonds is 7. The van der Waals surface area contributed by atoms with Gasteiger partial charge in [-0.25, -0.2) is 14.4 Å². The zero-order chi connectivity index (χ0) is 26.1. The van der Waals surface area contributed by atoms with Crippen molar-refractivity contribution in [3.05, 3.63) is 35.8 Å². The number of piperidine rings is 1. The molecule has 2 N–H and O–H groups in total. The van der Waals surface area contributed by atoms with E-state index in [0.29, 0.717) is 30.5 Å². The Morgan fingerprint density at radius 1 is 1.19 bits per heavy atom. The van der Waals surface area contributed by atoms with Gasteiger partial charge < -0.3 is 20.1 Å². The van der Waals surface area contributed by atoms with Gasteiger partial charge in [-0.1, -0.05) is 0 Å². The number of anilines is 3. The molecule has 4 rings (SSSR count). The van der Waals surface area contributed by atoms with Gasteiger partial charge in [0, 0.05) is 41.5 Å². The summed E-state index contributed by atoms with van der Waals surface area (Å²) in [4.78, 5) is 19.2. The van der Waals surface area contributed by atoms with Crippen LogP contribution >= 0.6 is 0 Å². The van der Waals surface area contributed by atoms with Crippen molar-refractivity contribution >= 4 is 30.0 Å². The molecule has 1 aromatic heterocycles. The van der Waals surface area contributed by atoms with E-state index >= 15 is 0 Å². The highest BCUT2D eigenvalue weighted by Gasteiger charge is 2.43. The highest BCUT2D eigenvalue weighted by molar-refractivity contribution is 6.02. The van der Waals surface area contributed by atoms with Crippen LogP contribution in [0.5, 0.6) is 5.75 Å². The van der Waals surface area contributed by atoms with E-state index < -0.39 is 5.82 Å². The average molecular weight is 498 g/mol. The smallest absolute Gasteiger partial charge is 0.229 e. The third kappa shape index (κ3) is 5.65. The van der Waals surface area contributed by atoms with Crippen molar-refractivity contribution in [2.45, 2.75) is 63.8 Å². The number of ether oxygens (including phenoxy) is 2. The Hall–Kier alpha value is -3.11. The number of benzene rings is 1. The van der Waals surface area contributed by atoms with Gasteiger partial charge >= 0.3 is 0 Å². The van der Waals surface area contributed by atoms with Crippen LogP contribution in [-0.2, 0) is 4.74 Å². The number of likely N-dealkylation sites (tertiary alicyclic amines) is 1. The topological polar surface area (TPSA) is 96.3 Å². The Bertz CT molecular complexity index is 1130. The van der Waals surface area contributed by atoms with Gasteiger partial charge in [-0.15, -0.1) is 0 Å². The maximum Gasteiger partial charge on any atom is 0.229 e. The van der Waals surface area contributed by atoms with Gasteiger partial charge in [-0.3, -0.25) is 9.89 Å². The standard InChI is InChI=1S/C26H36FN7O2/c1-25(2)11-18(12-26(3,4)34(25)7)31-23-21(27)13-30-24(33-23)32-17-8-16(22(28-5)29-6)9-19(10-17)36-20-14-35-15-20/h8-10,13,18,20H,5,11-12,14-15H2,1-4,6-7H3,(H2,30,31,32,33). The fourth-order valence-corrected chi connectivity index (χ4v) is 4.96. The lowest BCUT2D eigenvalue weighted by atomic mass is 9.77. The Labute approximate surface area is 212 Å². The van der Waals surface area contributed by atoms with E-state index in [0.717, 1.165) is 18.4 Å². The SMILES string of the molecule is C=NC(=NC)c1cc(Nc2ncc(F)c(NC3CC(C)(C)N(C)C(C)(C)C3)n2)cc(OC2COC2)c1. The van der Waals surface area contributed by atoms with Crippen molar-refractivity contribution < 1.29 is 13.9 Å². The number of aliphatic imine (C=N–C) groups is 2. The molecule has 1 aromatic carbocycles. The van der Waals surface area contributed by atoms with E-state index in [1.165, 1.54) is 6.20 Å². The van der Waals surface area contributed by atoms with Crippen LogP contribution in [0.2, 0.25) is 0 Å². The first-order chi connectivity index (χ1) is 17.0. The van der Waals surface area contributed by atoms with Crippen LogP contribution in [-0.4, -0.2) is 78.0 Å². The largest absolute Gasteiger partial charge is 0.485 e. The van der Waals surface area contributed by atoms with Crippen LogP contribution in [0.1, 0.15) is 46.1 Å². The highest BCUT2D eigenvalue weighted by atomic mass is 19.1. The fourth-order valence-electron chi connectivity index (χ4n) is 4.96. The molecule has 0 aliphatic carbocycles. The van der Waals surface area contributed by atoms with Crippen LogP contribution < -0.4 is 15.4 Å². The van der Waals surface area contributed by atoms with Crippen LogP contribution in [0.15, 0.2) is 34.4 Å². The first-order valence-electron chi connectivity index (χ1n) is 12.1. The molecule has 0 radical (unpaired) electrons. The number of amidine groups is 1. The molecular weight excluding hydrogens is 461 g/mol. The molecule has 0 bridgehead atoms. The molecule has 2 aromatic rings. The molecule has 2 fully saturated rings. The van der Waals surface area contributed by atoms with Gasteiger partial charge in [0.15, 0.2) is 17.5 Å². The zero-order valence-corrected chi connectivity index (χ0v) is 21.9. The predicted molar refractivity (Wildman–Crippen MR) is 142 cm³/mol. The van der Waals surface area contributed by atoms with Gasteiger partial charge in [-0.2, -0.15) is 4.98 Å². The highest BCUT2D eigenvalue weighted by Crippen LogP contribution is 2.38. The minimum absolute atomic E-state index is 0.00674. The van der Waals surface area contributed by atoms with Gasteiger partial charge in [0.2, 0.25) is 5.95 Å². The van der Waals surface area contributed by atoms with Gasteiger partial charge in [-0.05, 0) is 66.4 Å². The molecule has 0 unspecified atom stereocenters. The molecule has 0 amide bonds. The molecule has 36 heavy (non-hydrogen) atoms. The number of nitrogens with zero attached hydrogens (tertiary/aromatic N) is 5. The number of aromatic nitrogens is 2. The second-order valence-corrected chi connectivity index (χ2v) is 10.7. The lowest BCUT2D eigenvalue weighted by molar-refractivity contribution is -0.0796. The van der Waals surface area contributed by atoms with Crippen molar-refractivity contribution in [1.82, 2.24) is 14.9 Å². The normalized spacial score (nSPS) is 20.5. The average Bonchev–Trinajstić information content (AvgIpc) is 2.77. The molecule has 2 aliphatic heterocycles. The summed E-state index contributed by atoms with van der Waals surface area (Å²) < 4.78 is 26.0. The molecular formula is C26H36FN7O2. The van der Waals surface area contributed by atoms with Crippen molar-refractivity contribution in [3.8, 4) is 5.75 Å². The van der Waals surface area contributed by atoms with Crippen LogP contribution in [0.25, 0.3) is 0 Å². The molecule has 2 aliphatic rings. The third-order valence-corrected chi connectivity index (χ3v) is 7.09. The van der Waals surface area contributed by atoms with Gasteiger partial charge in [0.1, 0.15) is 11.9 Å². The Kier molecular flexibility index (Phi) is 7.28. The van der Waals surface area contributed by atoms with E-state index in [1.807, 2.05) is 18.2 Å². The second-order valence-electron chi connectivity index (χ2n) is 10.7. The Balaban J connectivity index is 1.57. The molecule has 10 heteroatoms. The number of halogens is 1. The summed E-state index contributed by atoms with van der Waals surface area (Å²) in [5.74, 6) is 1.06.